The standard InChI is InChI=1S/C19H26ClN3O2/c1-12-16(17(22-21-12)13-2-3-13)18(24)23-10-8-19(25,9-11-23)14-4-6-15(20)7-5-14/h4-7,12-13,16-17,21-22,25H,2-3,8-11H2,1H3. The number of likely N-dealkylation sites (tertiary alicyclic amines) is 1. The molecule has 3 atom stereocenters. The fraction of sp³-hybridized carbons (Fsp3) is 0.632. The Morgan fingerprint density at radius 1 is 1.20 bits per heavy atom. The minimum atomic E-state index is -0.866. The van der Waals surface area contributed by atoms with Crippen molar-refractivity contribution < 1.29 is 9.90 Å². The molecule has 136 valence electrons. The number of nitrogens with zero attached hydrogens (tertiary/aromatic N) is 1. The number of halogens is 1. The van der Waals surface area contributed by atoms with Crippen LogP contribution in [0, 0.1) is 11.8 Å². The number of hydrazine groups is 1. The van der Waals surface area contributed by atoms with Gasteiger partial charge in [0.2, 0.25) is 5.91 Å². The van der Waals surface area contributed by atoms with Gasteiger partial charge in [-0.25, -0.2) is 0 Å². The lowest BCUT2D eigenvalue weighted by molar-refractivity contribution is -0.141. The summed E-state index contributed by atoms with van der Waals surface area (Å²) in [5.41, 5.74) is 6.60. The number of amides is 1. The third-order valence-corrected chi connectivity index (χ3v) is 6.35. The van der Waals surface area contributed by atoms with Crippen LogP contribution in [0.25, 0.3) is 0 Å². The Labute approximate surface area is 153 Å². The smallest absolute Gasteiger partial charge is 0.228 e. The summed E-state index contributed by atoms with van der Waals surface area (Å²) in [5, 5.41) is 11.7. The molecule has 3 N–H and O–H groups in total. The van der Waals surface area contributed by atoms with Crippen molar-refractivity contribution in [2.75, 3.05) is 13.1 Å². The first-order valence-corrected chi connectivity index (χ1v) is 9.64. The van der Waals surface area contributed by atoms with Crippen LogP contribution in [-0.4, -0.2) is 41.1 Å². The predicted octanol–water partition coefficient (Wildman–Crippen LogP) is 2.04. The Bertz CT molecular complexity index is 639. The van der Waals surface area contributed by atoms with E-state index in [1.807, 2.05) is 29.2 Å². The van der Waals surface area contributed by atoms with Crippen LogP contribution in [0.4, 0.5) is 0 Å². The molecule has 2 saturated heterocycles. The maximum atomic E-state index is 13.1. The molecule has 2 aliphatic heterocycles. The number of piperidine rings is 1. The Morgan fingerprint density at radius 2 is 1.84 bits per heavy atom. The van der Waals surface area contributed by atoms with Gasteiger partial charge in [0.05, 0.1) is 11.5 Å². The summed E-state index contributed by atoms with van der Waals surface area (Å²) in [5.74, 6) is 0.844. The number of aliphatic hydroxyl groups is 1. The van der Waals surface area contributed by atoms with Gasteiger partial charge >= 0.3 is 0 Å². The topological polar surface area (TPSA) is 64.6 Å². The second-order valence-electron chi connectivity index (χ2n) is 7.83. The lowest BCUT2D eigenvalue weighted by Gasteiger charge is -2.40. The molecule has 1 aromatic rings. The zero-order chi connectivity index (χ0) is 17.6. The zero-order valence-electron chi connectivity index (χ0n) is 14.5. The summed E-state index contributed by atoms with van der Waals surface area (Å²) in [6.45, 7) is 3.27. The van der Waals surface area contributed by atoms with E-state index in [2.05, 4.69) is 17.8 Å². The third-order valence-electron chi connectivity index (χ3n) is 6.10. The van der Waals surface area contributed by atoms with Gasteiger partial charge in [-0.05, 0) is 56.2 Å². The average Bonchev–Trinajstić information content (AvgIpc) is 3.38. The van der Waals surface area contributed by atoms with Crippen molar-refractivity contribution in [2.45, 2.75) is 50.3 Å². The lowest BCUT2D eigenvalue weighted by atomic mass is 9.83. The summed E-state index contributed by atoms with van der Waals surface area (Å²) >= 11 is 5.94. The van der Waals surface area contributed by atoms with Crippen molar-refractivity contribution in [3.8, 4) is 0 Å². The van der Waals surface area contributed by atoms with Gasteiger partial charge in [-0.2, -0.15) is 0 Å². The minimum absolute atomic E-state index is 0.00535. The number of nitrogens with one attached hydrogen (secondary N) is 2. The molecule has 0 spiro atoms. The molecule has 0 radical (unpaired) electrons. The largest absolute Gasteiger partial charge is 0.385 e. The highest BCUT2D eigenvalue weighted by atomic mass is 35.5. The van der Waals surface area contributed by atoms with Crippen molar-refractivity contribution in [3.05, 3.63) is 34.9 Å². The first-order valence-electron chi connectivity index (χ1n) is 9.26. The Kier molecular flexibility index (Phi) is 4.52. The summed E-state index contributed by atoms with van der Waals surface area (Å²) in [6, 6.07) is 7.79. The number of hydrogen-bond acceptors (Lipinski definition) is 4. The van der Waals surface area contributed by atoms with E-state index >= 15 is 0 Å². The van der Waals surface area contributed by atoms with Gasteiger partial charge in [0.25, 0.3) is 0 Å². The van der Waals surface area contributed by atoms with Crippen molar-refractivity contribution in [1.29, 1.82) is 0 Å². The molecule has 1 aromatic carbocycles. The van der Waals surface area contributed by atoms with E-state index in [4.69, 9.17) is 11.6 Å². The van der Waals surface area contributed by atoms with E-state index in [0.29, 0.717) is 36.9 Å². The molecule has 1 aliphatic carbocycles. The van der Waals surface area contributed by atoms with Crippen molar-refractivity contribution in [2.24, 2.45) is 11.8 Å². The van der Waals surface area contributed by atoms with Gasteiger partial charge in [-0.1, -0.05) is 23.7 Å². The lowest BCUT2D eigenvalue weighted by Crippen LogP contribution is -2.50. The van der Waals surface area contributed by atoms with Crippen LogP contribution in [0.2, 0.25) is 5.02 Å². The molecular formula is C19H26ClN3O2. The van der Waals surface area contributed by atoms with Gasteiger partial charge < -0.3 is 10.0 Å². The van der Waals surface area contributed by atoms with Crippen LogP contribution in [0.1, 0.15) is 38.2 Å². The zero-order valence-corrected chi connectivity index (χ0v) is 15.3. The van der Waals surface area contributed by atoms with E-state index in [0.717, 1.165) is 5.56 Å². The molecule has 0 aromatic heterocycles. The molecule has 4 rings (SSSR count). The number of carbonyl (C=O) groups is 1. The third kappa shape index (κ3) is 3.31. The maximum Gasteiger partial charge on any atom is 0.228 e. The molecule has 3 fully saturated rings. The van der Waals surface area contributed by atoms with E-state index in [-0.39, 0.29) is 23.9 Å². The highest BCUT2D eigenvalue weighted by Gasteiger charge is 2.48. The SMILES string of the molecule is CC1NNC(C2CC2)C1C(=O)N1CCC(O)(c2ccc(Cl)cc2)CC1. The Hall–Kier alpha value is -1.14. The minimum Gasteiger partial charge on any atom is -0.385 e. The number of benzene rings is 1. The molecule has 6 heteroatoms. The van der Waals surface area contributed by atoms with Gasteiger partial charge in [0.1, 0.15) is 0 Å². The molecule has 1 saturated carbocycles. The van der Waals surface area contributed by atoms with Crippen LogP contribution in [-0.2, 0) is 10.4 Å². The Morgan fingerprint density at radius 3 is 2.44 bits per heavy atom. The first-order chi connectivity index (χ1) is 12.0. The van der Waals surface area contributed by atoms with E-state index in [9.17, 15) is 9.90 Å². The Balaban J connectivity index is 1.42. The summed E-state index contributed by atoms with van der Waals surface area (Å²) in [4.78, 5) is 15.0. The predicted molar refractivity (Wildman–Crippen MR) is 96.9 cm³/mol. The van der Waals surface area contributed by atoms with Gasteiger partial charge in [0, 0.05) is 30.2 Å². The highest BCUT2D eigenvalue weighted by Crippen LogP contribution is 2.40. The molecule has 2 heterocycles. The normalized spacial score (nSPS) is 32.0. The number of rotatable bonds is 3. The molecule has 1 amide bonds. The van der Waals surface area contributed by atoms with Gasteiger partial charge in [-0.3, -0.25) is 15.6 Å². The molecular weight excluding hydrogens is 338 g/mol. The monoisotopic (exact) mass is 363 g/mol. The van der Waals surface area contributed by atoms with Gasteiger partial charge in [-0.15, -0.1) is 0 Å². The highest BCUT2D eigenvalue weighted by molar-refractivity contribution is 6.30. The van der Waals surface area contributed by atoms with Crippen LogP contribution in [0.3, 0.4) is 0 Å². The van der Waals surface area contributed by atoms with Crippen molar-refractivity contribution in [3.63, 3.8) is 0 Å². The fourth-order valence-electron chi connectivity index (χ4n) is 4.31. The van der Waals surface area contributed by atoms with E-state index in [1.54, 1.807) is 0 Å². The quantitative estimate of drug-likeness (QED) is 0.769. The average molecular weight is 364 g/mol. The van der Waals surface area contributed by atoms with Crippen LogP contribution < -0.4 is 10.9 Å². The number of carbonyl (C=O) groups excluding carboxylic acids is 1. The molecule has 5 nitrogen and oxygen atoms in total. The summed E-state index contributed by atoms with van der Waals surface area (Å²) in [6.07, 6.45) is 3.56. The van der Waals surface area contributed by atoms with Gasteiger partial charge in [0.15, 0.2) is 0 Å². The molecule has 3 aliphatic rings. The van der Waals surface area contributed by atoms with E-state index in [1.165, 1.54) is 12.8 Å². The summed E-state index contributed by atoms with van der Waals surface area (Å²) in [7, 11) is 0. The second-order valence-corrected chi connectivity index (χ2v) is 8.27. The van der Waals surface area contributed by atoms with E-state index < -0.39 is 5.60 Å². The summed E-state index contributed by atoms with van der Waals surface area (Å²) < 4.78 is 0. The van der Waals surface area contributed by atoms with Crippen LogP contribution >= 0.6 is 11.6 Å². The fourth-order valence-corrected chi connectivity index (χ4v) is 4.43. The molecule has 3 unspecified atom stereocenters. The number of hydrogen-bond donors (Lipinski definition) is 3. The van der Waals surface area contributed by atoms with Crippen molar-refractivity contribution in [1.82, 2.24) is 15.8 Å². The first kappa shape index (κ1) is 17.3. The molecule has 25 heavy (non-hydrogen) atoms. The van der Waals surface area contributed by atoms with Crippen LogP contribution in [0.5, 0.6) is 0 Å². The second kappa shape index (κ2) is 6.54. The maximum absolute atomic E-state index is 13.1. The molecule has 0 bridgehead atoms. The van der Waals surface area contributed by atoms with Crippen molar-refractivity contribution >= 4 is 17.5 Å². The van der Waals surface area contributed by atoms with Crippen LogP contribution in [0.15, 0.2) is 24.3 Å².